The number of para-hydroxylation sites is 1. The fourth-order valence-electron chi connectivity index (χ4n) is 3.62. The van der Waals surface area contributed by atoms with Gasteiger partial charge in [-0.05, 0) is 42.7 Å². The van der Waals surface area contributed by atoms with E-state index < -0.39 is 5.97 Å². The number of carbonyl (C=O) groups is 1. The lowest BCUT2D eigenvalue weighted by Gasteiger charge is -2.21. The van der Waals surface area contributed by atoms with Gasteiger partial charge in [-0.25, -0.2) is 4.79 Å². The monoisotopic (exact) mass is 285 g/mol. The molecule has 0 saturated carbocycles. The molecule has 1 aromatic heterocycles. The topological polar surface area (TPSA) is 42.2 Å². The average molecular weight is 285 g/mol. The third-order valence-corrected chi connectivity index (χ3v) is 4.51. The molecule has 1 aliphatic rings. The lowest BCUT2D eigenvalue weighted by Crippen LogP contribution is -2.16. The molecule has 3 rings (SSSR count). The van der Waals surface area contributed by atoms with Crippen LogP contribution in [0.1, 0.15) is 48.8 Å². The van der Waals surface area contributed by atoms with Crippen LogP contribution in [0.3, 0.4) is 0 Å². The summed E-state index contributed by atoms with van der Waals surface area (Å²) in [6.07, 6.45) is 3.33. The largest absolute Gasteiger partial charge is 0.478 e. The third-order valence-electron chi connectivity index (χ3n) is 4.51. The lowest BCUT2D eigenvalue weighted by molar-refractivity contribution is 0.0698. The van der Waals surface area contributed by atoms with E-state index in [1.807, 2.05) is 6.07 Å². The van der Waals surface area contributed by atoms with Crippen LogP contribution in [0.15, 0.2) is 18.2 Å². The smallest absolute Gasteiger partial charge is 0.337 e. The highest BCUT2D eigenvalue weighted by Gasteiger charge is 2.26. The van der Waals surface area contributed by atoms with E-state index in [9.17, 15) is 9.90 Å². The zero-order valence-corrected chi connectivity index (χ0v) is 13.0. The quantitative estimate of drug-likeness (QED) is 0.921. The fourth-order valence-corrected chi connectivity index (χ4v) is 3.62. The molecule has 1 atom stereocenters. The second kappa shape index (κ2) is 5.21. The van der Waals surface area contributed by atoms with E-state index in [1.165, 1.54) is 17.7 Å². The van der Waals surface area contributed by atoms with Crippen molar-refractivity contribution in [3.8, 4) is 0 Å². The third kappa shape index (κ3) is 2.35. The van der Waals surface area contributed by atoms with Crippen molar-refractivity contribution in [1.82, 2.24) is 4.57 Å². The van der Waals surface area contributed by atoms with Gasteiger partial charge in [-0.3, -0.25) is 0 Å². The number of aromatic carboxylic acids is 1. The Kier molecular flexibility index (Phi) is 3.52. The molecule has 2 aromatic rings. The standard InChI is InChI=1S/C18H23NO2/c1-11(2)10-19-16-8-7-12(3)9-15(16)13-5-4-6-14(17(13)19)18(20)21/h4-6,11-12H,7-10H2,1-3H3,(H,20,21). The zero-order valence-electron chi connectivity index (χ0n) is 13.0. The van der Waals surface area contributed by atoms with Crippen LogP contribution in [0, 0.1) is 11.8 Å². The van der Waals surface area contributed by atoms with Crippen LogP contribution in [0.25, 0.3) is 10.9 Å². The van der Waals surface area contributed by atoms with Gasteiger partial charge >= 0.3 is 5.97 Å². The Bertz CT molecular complexity index is 697. The van der Waals surface area contributed by atoms with Gasteiger partial charge in [0.25, 0.3) is 0 Å². The zero-order chi connectivity index (χ0) is 15.1. The number of carboxylic acid groups (broad SMARTS) is 1. The summed E-state index contributed by atoms with van der Waals surface area (Å²) in [5, 5.41) is 10.7. The molecular formula is C18H23NO2. The summed E-state index contributed by atoms with van der Waals surface area (Å²) >= 11 is 0. The molecule has 0 amide bonds. The maximum absolute atomic E-state index is 11.6. The Morgan fingerprint density at radius 2 is 2.19 bits per heavy atom. The van der Waals surface area contributed by atoms with E-state index in [0.29, 0.717) is 17.4 Å². The summed E-state index contributed by atoms with van der Waals surface area (Å²) < 4.78 is 2.28. The highest BCUT2D eigenvalue weighted by molar-refractivity contribution is 6.04. The lowest BCUT2D eigenvalue weighted by atomic mass is 9.87. The Morgan fingerprint density at radius 3 is 2.86 bits per heavy atom. The van der Waals surface area contributed by atoms with Gasteiger partial charge in [0.1, 0.15) is 0 Å². The van der Waals surface area contributed by atoms with Gasteiger partial charge in [-0.2, -0.15) is 0 Å². The first-order valence-electron chi connectivity index (χ1n) is 7.85. The molecule has 1 unspecified atom stereocenters. The van der Waals surface area contributed by atoms with Crippen LogP contribution in [0.4, 0.5) is 0 Å². The number of hydrogen-bond donors (Lipinski definition) is 1. The van der Waals surface area contributed by atoms with Crippen LogP contribution < -0.4 is 0 Å². The van der Waals surface area contributed by atoms with Crippen LogP contribution in [0.5, 0.6) is 0 Å². The molecule has 1 heterocycles. The summed E-state index contributed by atoms with van der Waals surface area (Å²) in [7, 11) is 0. The minimum absolute atomic E-state index is 0.440. The average Bonchev–Trinajstić information content (AvgIpc) is 2.72. The minimum atomic E-state index is -0.825. The molecule has 1 aliphatic carbocycles. The van der Waals surface area contributed by atoms with Crippen molar-refractivity contribution in [2.45, 2.75) is 46.6 Å². The van der Waals surface area contributed by atoms with Crippen molar-refractivity contribution in [3.05, 3.63) is 35.0 Å². The second-order valence-electron chi connectivity index (χ2n) is 6.78. The van der Waals surface area contributed by atoms with Crippen LogP contribution in [-0.4, -0.2) is 15.6 Å². The summed E-state index contributed by atoms with van der Waals surface area (Å²) in [4.78, 5) is 11.6. The van der Waals surface area contributed by atoms with Gasteiger partial charge in [0.15, 0.2) is 0 Å². The van der Waals surface area contributed by atoms with Crippen molar-refractivity contribution in [1.29, 1.82) is 0 Å². The van der Waals surface area contributed by atoms with E-state index in [2.05, 4.69) is 31.4 Å². The second-order valence-corrected chi connectivity index (χ2v) is 6.78. The number of nitrogens with zero attached hydrogens (tertiary/aromatic N) is 1. The molecule has 112 valence electrons. The molecule has 3 nitrogen and oxygen atoms in total. The molecule has 1 N–H and O–H groups in total. The molecular weight excluding hydrogens is 262 g/mol. The normalized spacial score (nSPS) is 18.2. The van der Waals surface area contributed by atoms with E-state index in [0.717, 1.165) is 30.3 Å². The summed E-state index contributed by atoms with van der Waals surface area (Å²) in [6, 6.07) is 5.71. The van der Waals surface area contributed by atoms with Gasteiger partial charge in [-0.15, -0.1) is 0 Å². The van der Waals surface area contributed by atoms with E-state index in [4.69, 9.17) is 0 Å². The summed E-state index contributed by atoms with van der Waals surface area (Å²) in [5.74, 6) is 0.364. The minimum Gasteiger partial charge on any atom is -0.478 e. The molecule has 1 aromatic carbocycles. The Hall–Kier alpha value is -1.77. The SMILES string of the molecule is CC(C)Cn1c2c(c3cccc(C(=O)O)c31)CC(C)CC2. The van der Waals surface area contributed by atoms with Crippen molar-refractivity contribution < 1.29 is 9.90 Å². The highest BCUT2D eigenvalue weighted by Crippen LogP contribution is 2.36. The van der Waals surface area contributed by atoms with Gasteiger partial charge < -0.3 is 9.67 Å². The molecule has 21 heavy (non-hydrogen) atoms. The molecule has 0 bridgehead atoms. The number of hydrogen-bond acceptors (Lipinski definition) is 1. The maximum atomic E-state index is 11.6. The molecule has 0 radical (unpaired) electrons. The molecule has 0 spiro atoms. The van der Waals surface area contributed by atoms with Crippen LogP contribution >= 0.6 is 0 Å². The Balaban J connectivity index is 2.32. The van der Waals surface area contributed by atoms with Crippen LogP contribution in [-0.2, 0) is 19.4 Å². The molecule has 0 saturated heterocycles. The predicted molar refractivity (Wildman–Crippen MR) is 84.9 cm³/mol. The predicted octanol–water partition coefficient (Wildman–Crippen LogP) is 4.12. The van der Waals surface area contributed by atoms with E-state index in [1.54, 1.807) is 6.07 Å². The number of benzene rings is 1. The summed E-state index contributed by atoms with van der Waals surface area (Å²) in [6.45, 7) is 7.56. The first-order valence-corrected chi connectivity index (χ1v) is 7.85. The van der Waals surface area contributed by atoms with Crippen molar-refractivity contribution in [3.63, 3.8) is 0 Å². The van der Waals surface area contributed by atoms with Gasteiger partial charge in [0.2, 0.25) is 0 Å². The first kappa shape index (κ1) is 14.2. The van der Waals surface area contributed by atoms with Gasteiger partial charge in [0, 0.05) is 17.6 Å². The van der Waals surface area contributed by atoms with Crippen molar-refractivity contribution >= 4 is 16.9 Å². The number of carboxylic acids is 1. The van der Waals surface area contributed by atoms with Crippen molar-refractivity contribution in [2.24, 2.45) is 11.8 Å². The number of aromatic nitrogens is 1. The van der Waals surface area contributed by atoms with E-state index in [-0.39, 0.29) is 0 Å². The number of rotatable bonds is 3. The summed E-state index contributed by atoms with van der Waals surface area (Å²) in [5.41, 5.74) is 4.12. The Labute approximate surface area is 125 Å². The Morgan fingerprint density at radius 1 is 1.43 bits per heavy atom. The maximum Gasteiger partial charge on any atom is 0.337 e. The van der Waals surface area contributed by atoms with E-state index >= 15 is 0 Å². The van der Waals surface area contributed by atoms with Crippen molar-refractivity contribution in [2.75, 3.05) is 0 Å². The molecule has 0 aliphatic heterocycles. The molecule has 3 heteroatoms. The molecule has 0 fully saturated rings. The first-order chi connectivity index (χ1) is 9.99. The van der Waals surface area contributed by atoms with Gasteiger partial charge in [0.05, 0.1) is 11.1 Å². The highest BCUT2D eigenvalue weighted by atomic mass is 16.4. The fraction of sp³-hybridized carbons (Fsp3) is 0.500. The van der Waals surface area contributed by atoms with Crippen LogP contribution in [0.2, 0.25) is 0 Å². The number of fused-ring (bicyclic) bond motifs is 3. The van der Waals surface area contributed by atoms with Gasteiger partial charge in [-0.1, -0.05) is 32.9 Å².